The fourth-order valence-corrected chi connectivity index (χ4v) is 4.20. The second kappa shape index (κ2) is 8.81. The van der Waals surface area contributed by atoms with Crippen molar-refractivity contribution in [3.8, 4) is 5.75 Å². The first kappa shape index (κ1) is 20.4. The summed E-state index contributed by atoms with van der Waals surface area (Å²) in [6, 6.07) is 10.8. The second-order valence-corrected chi connectivity index (χ2v) is 8.23. The number of methoxy groups -OCH3 is 1. The number of benzene rings is 2. The normalized spacial score (nSPS) is 14.5. The number of carbonyl (C=O) groups excluding carboxylic acids is 1. The Bertz CT molecular complexity index is 854. The third-order valence-corrected chi connectivity index (χ3v) is 5.93. The molecule has 0 saturated carbocycles. The van der Waals surface area contributed by atoms with Crippen molar-refractivity contribution in [2.75, 3.05) is 7.11 Å². The number of hydrogen-bond acceptors (Lipinski definition) is 2. The lowest BCUT2D eigenvalue weighted by Gasteiger charge is -2.22. The fraction of sp³-hybridized carbons (Fsp3) is 0.480. The van der Waals surface area contributed by atoms with Gasteiger partial charge in [-0.25, -0.2) is 0 Å². The standard InChI is InChI=1S/C25H33NO2/c1-6-23(20-12-11-18-9-7-8-10-19(18)14-20)26-25(27)22-15-21(16(2)3)24(28-5)13-17(22)4/h11-16,23H,6-10H2,1-5H3,(H,26,27). The zero-order chi connectivity index (χ0) is 20.3. The molecule has 2 aromatic carbocycles. The van der Waals surface area contributed by atoms with Crippen LogP contribution in [0.2, 0.25) is 0 Å². The number of aryl methyl sites for hydroxylation is 3. The molecular formula is C25H33NO2. The number of carbonyl (C=O) groups is 1. The topological polar surface area (TPSA) is 38.3 Å². The molecule has 3 rings (SSSR count). The maximum absolute atomic E-state index is 13.1. The summed E-state index contributed by atoms with van der Waals surface area (Å²) in [6.45, 7) is 8.35. The monoisotopic (exact) mass is 379 g/mol. The van der Waals surface area contributed by atoms with Crippen LogP contribution in [0.15, 0.2) is 30.3 Å². The Morgan fingerprint density at radius 1 is 1.11 bits per heavy atom. The van der Waals surface area contributed by atoms with Gasteiger partial charge in [0, 0.05) is 5.56 Å². The predicted octanol–water partition coefficient (Wildman–Crippen LogP) is 5.89. The van der Waals surface area contributed by atoms with Gasteiger partial charge in [-0.05, 0) is 84.9 Å². The largest absolute Gasteiger partial charge is 0.496 e. The number of fused-ring (bicyclic) bond motifs is 1. The Morgan fingerprint density at radius 2 is 1.82 bits per heavy atom. The lowest BCUT2D eigenvalue weighted by molar-refractivity contribution is 0.0935. The highest BCUT2D eigenvalue weighted by Gasteiger charge is 2.20. The Labute approximate surface area is 169 Å². The summed E-state index contributed by atoms with van der Waals surface area (Å²) in [5.74, 6) is 1.14. The van der Waals surface area contributed by atoms with E-state index >= 15 is 0 Å². The molecule has 1 unspecified atom stereocenters. The van der Waals surface area contributed by atoms with Crippen molar-refractivity contribution < 1.29 is 9.53 Å². The van der Waals surface area contributed by atoms with Crippen molar-refractivity contribution in [2.24, 2.45) is 0 Å². The van der Waals surface area contributed by atoms with E-state index < -0.39 is 0 Å². The highest BCUT2D eigenvalue weighted by atomic mass is 16.5. The molecule has 0 saturated heterocycles. The molecule has 0 bridgehead atoms. The third kappa shape index (κ3) is 4.24. The molecule has 0 spiro atoms. The Morgan fingerprint density at radius 3 is 2.46 bits per heavy atom. The van der Waals surface area contributed by atoms with Crippen LogP contribution in [0, 0.1) is 6.92 Å². The van der Waals surface area contributed by atoms with Gasteiger partial charge in [-0.2, -0.15) is 0 Å². The molecule has 1 aliphatic rings. The molecular weight excluding hydrogens is 346 g/mol. The van der Waals surface area contributed by atoms with Crippen LogP contribution in [-0.2, 0) is 12.8 Å². The lowest BCUT2D eigenvalue weighted by Crippen LogP contribution is -2.29. The smallest absolute Gasteiger partial charge is 0.252 e. The number of ether oxygens (including phenoxy) is 1. The maximum atomic E-state index is 13.1. The van der Waals surface area contributed by atoms with Gasteiger partial charge < -0.3 is 10.1 Å². The lowest BCUT2D eigenvalue weighted by atomic mass is 9.88. The van der Waals surface area contributed by atoms with Crippen LogP contribution in [0.3, 0.4) is 0 Å². The van der Waals surface area contributed by atoms with Gasteiger partial charge in [0.15, 0.2) is 0 Å². The highest BCUT2D eigenvalue weighted by Crippen LogP contribution is 2.30. The van der Waals surface area contributed by atoms with Crippen molar-refractivity contribution in [3.05, 3.63) is 63.7 Å². The molecule has 0 heterocycles. The van der Waals surface area contributed by atoms with Gasteiger partial charge in [0.1, 0.15) is 5.75 Å². The molecule has 150 valence electrons. The molecule has 0 fully saturated rings. The van der Waals surface area contributed by atoms with Gasteiger partial charge in [-0.1, -0.05) is 39.0 Å². The molecule has 2 aromatic rings. The Hall–Kier alpha value is -2.29. The zero-order valence-electron chi connectivity index (χ0n) is 17.9. The van der Waals surface area contributed by atoms with E-state index in [1.54, 1.807) is 7.11 Å². The van der Waals surface area contributed by atoms with E-state index in [0.29, 0.717) is 5.92 Å². The molecule has 3 heteroatoms. The summed E-state index contributed by atoms with van der Waals surface area (Å²) in [4.78, 5) is 13.1. The van der Waals surface area contributed by atoms with Crippen molar-refractivity contribution in [1.29, 1.82) is 0 Å². The van der Waals surface area contributed by atoms with Gasteiger partial charge in [0.05, 0.1) is 13.2 Å². The first-order valence-corrected chi connectivity index (χ1v) is 10.6. The predicted molar refractivity (Wildman–Crippen MR) is 115 cm³/mol. The van der Waals surface area contributed by atoms with Crippen molar-refractivity contribution in [2.45, 2.75) is 71.8 Å². The minimum absolute atomic E-state index is 0.00776. The first-order valence-electron chi connectivity index (χ1n) is 10.6. The summed E-state index contributed by atoms with van der Waals surface area (Å²) in [5, 5.41) is 3.27. The van der Waals surface area contributed by atoms with Crippen LogP contribution in [0.25, 0.3) is 0 Å². The van der Waals surface area contributed by atoms with Crippen LogP contribution in [0.4, 0.5) is 0 Å². The average Bonchev–Trinajstić information content (AvgIpc) is 2.70. The molecule has 1 N–H and O–H groups in total. The second-order valence-electron chi connectivity index (χ2n) is 8.23. The van der Waals surface area contributed by atoms with Gasteiger partial charge in [0.2, 0.25) is 0 Å². The number of amides is 1. The number of rotatable bonds is 6. The summed E-state index contributed by atoms with van der Waals surface area (Å²) < 4.78 is 5.51. The van der Waals surface area contributed by atoms with Crippen molar-refractivity contribution >= 4 is 5.91 Å². The molecule has 1 amide bonds. The van der Waals surface area contributed by atoms with E-state index in [0.717, 1.165) is 35.3 Å². The quantitative estimate of drug-likeness (QED) is 0.680. The van der Waals surface area contributed by atoms with Crippen LogP contribution >= 0.6 is 0 Å². The summed E-state index contributed by atoms with van der Waals surface area (Å²) >= 11 is 0. The molecule has 1 aliphatic carbocycles. The van der Waals surface area contributed by atoms with E-state index in [4.69, 9.17) is 4.74 Å². The van der Waals surface area contributed by atoms with Crippen LogP contribution < -0.4 is 10.1 Å². The Kier molecular flexibility index (Phi) is 6.43. The molecule has 28 heavy (non-hydrogen) atoms. The van der Waals surface area contributed by atoms with E-state index in [9.17, 15) is 4.79 Å². The number of nitrogens with one attached hydrogen (secondary N) is 1. The minimum atomic E-state index is -0.00776. The van der Waals surface area contributed by atoms with Crippen molar-refractivity contribution in [1.82, 2.24) is 5.32 Å². The third-order valence-electron chi connectivity index (χ3n) is 5.93. The van der Waals surface area contributed by atoms with E-state index in [-0.39, 0.29) is 11.9 Å². The maximum Gasteiger partial charge on any atom is 0.252 e. The molecule has 0 aliphatic heterocycles. The molecule has 0 radical (unpaired) electrons. The van der Waals surface area contributed by atoms with Gasteiger partial charge in [0.25, 0.3) is 5.91 Å². The average molecular weight is 380 g/mol. The van der Waals surface area contributed by atoms with Crippen LogP contribution in [-0.4, -0.2) is 13.0 Å². The first-order chi connectivity index (χ1) is 13.4. The number of hydrogen-bond donors (Lipinski definition) is 1. The van der Waals surface area contributed by atoms with Gasteiger partial charge in [-0.15, -0.1) is 0 Å². The van der Waals surface area contributed by atoms with Gasteiger partial charge in [-0.3, -0.25) is 4.79 Å². The Balaban J connectivity index is 1.85. The van der Waals surface area contributed by atoms with Gasteiger partial charge >= 0.3 is 0 Å². The van der Waals surface area contributed by atoms with Crippen LogP contribution in [0.1, 0.15) is 90.2 Å². The van der Waals surface area contributed by atoms with E-state index in [1.165, 1.54) is 36.0 Å². The molecule has 3 nitrogen and oxygen atoms in total. The van der Waals surface area contributed by atoms with E-state index in [1.807, 2.05) is 19.1 Å². The highest BCUT2D eigenvalue weighted by molar-refractivity contribution is 5.96. The minimum Gasteiger partial charge on any atom is -0.496 e. The summed E-state index contributed by atoms with van der Waals surface area (Å²) in [7, 11) is 1.68. The van der Waals surface area contributed by atoms with Crippen molar-refractivity contribution in [3.63, 3.8) is 0 Å². The summed E-state index contributed by atoms with van der Waals surface area (Å²) in [5.41, 5.74) is 6.90. The zero-order valence-corrected chi connectivity index (χ0v) is 17.9. The van der Waals surface area contributed by atoms with Crippen LogP contribution in [0.5, 0.6) is 5.75 Å². The molecule has 0 aromatic heterocycles. The van der Waals surface area contributed by atoms with E-state index in [2.05, 4.69) is 44.3 Å². The SMILES string of the molecule is CCC(NC(=O)c1cc(C(C)C)c(OC)cc1C)c1ccc2c(c1)CCCC2. The fourth-order valence-electron chi connectivity index (χ4n) is 4.20. The molecule has 1 atom stereocenters. The summed E-state index contributed by atoms with van der Waals surface area (Å²) in [6.07, 6.45) is 5.76.